The minimum absolute atomic E-state index is 0.0355. The van der Waals surface area contributed by atoms with Crippen LogP contribution in [0.5, 0.6) is 0 Å². The first-order valence-corrected chi connectivity index (χ1v) is 12.6. The largest absolute Gasteiger partial charge is 0.312 e. The number of fused-ring (bicyclic) bond motifs is 1. The van der Waals surface area contributed by atoms with Crippen LogP contribution in [0, 0.1) is 26.7 Å². The van der Waals surface area contributed by atoms with Crippen molar-refractivity contribution in [1.82, 2.24) is 4.31 Å². The van der Waals surface area contributed by atoms with Crippen molar-refractivity contribution in [2.24, 2.45) is 5.92 Å². The van der Waals surface area contributed by atoms with Crippen molar-refractivity contribution in [2.45, 2.75) is 44.9 Å². The van der Waals surface area contributed by atoms with E-state index in [0.29, 0.717) is 24.4 Å². The van der Waals surface area contributed by atoms with Crippen molar-refractivity contribution in [1.29, 1.82) is 0 Å². The maximum atomic E-state index is 13.5. The highest BCUT2D eigenvalue weighted by Gasteiger charge is 2.37. The van der Waals surface area contributed by atoms with Gasteiger partial charge in [-0.1, -0.05) is 33.6 Å². The van der Waals surface area contributed by atoms with Gasteiger partial charge in [0.1, 0.15) is 0 Å². The van der Waals surface area contributed by atoms with Crippen molar-refractivity contribution in [3.05, 3.63) is 57.1 Å². The first-order valence-electron chi connectivity index (χ1n) is 10.4. The number of carbonyl (C=O) groups is 1. The van der Waals surface area contributed by atoms with Crippen LogP contribution >= 0.6 is 15.9 Å². The summed E-state index contributed by atoms with van der Waals surface area (Å²) in [6, 6.07) is 9.80. The average molecular weight is 491 g/mol. The summed E-state index contributed by atoms with van der Waals surface area (Å²) in [5, 5.41) is 0. The number of halogens is 1. The highest BCUT2D eigenvalue weighted by atomic mass is 79.9. The van der Waals surface area contributed by atoms with E-state index in [1.54, 1.807) is 0 Å². The molecule has 0 aromatic heterocycles. The Bertz CT molecular complexity index is 1090. The molecular weight excluding hydrogens is 464 g/mol. The lowest BCUT2D eigenvalue weighted by atomic mass is 9.98. The molecule has 2 aliphatic heterocycles. The predicted molar refractivity (Wildman–Crippen MR) is 122 cm³/mol. The Balaban J connectivity index is 1.58. The number of hydrogen-bond donors (Lipinski definition) is 0. The Morgan fingerprint density at radius 1 is 1.07 bits per heavy atom. The summed E-state index contributed by atoms with van der Waals surface area (Å²) in [4.78, 5) is 15.6. The van der Waals surface area contributed by atoms with Crippen LogP contribution in [0.4, 0.5) is 5.69 Å². The van der Waals surface area contributed by atoms with Gasteiger partial charge in [-0.2, -0.15) is 4.31 Å². The third kappa shape index (κ3) is 3.83. The number of benzene rings is 2. The zero-order valence-corrected chi connectivity index (χ0v) is 20.0. The van der Waals surface area contributed by atoms with E-state index in [9.17, 15) is 13.2 Å². The van der Waals surface area contributed by atoms with Crippen LogP contribution in [0.2, 0.25) is 0 Å². The van der Waals surface area contributed by atoms with Crippen molar-refractivity contribution in [2.75, 3.05) is 24.5 Å². The van der Waals surface area contributed by atoms with Crippen LogP contribution in [-0.4, -0.2) is 38.3 Å². The van der Waals surface area contributed by atoms with Crippen molar-refractivity contribution in [3.63, 3.8) is 0 Å². The van der Waals surface area contributed by atoms with Gasteiger partial charge in [0, 0.05) is 29.8 Å². The smallest absolute Gasteiger partial charge is 0.243 e. The molecule has 2 heterocycles. The van der Waals surface area contributed by atoms with Gasteiger partial charge >= 0.3 is 0 Å². The van der Waals surface area contributed by atoms with Crippen molar-refractivity contribution < 1.29 is 13.2 Å². The number of rotatable bonds is 3. The third-order valence-corrected chi connectivity index (χ3v) is 8.80. The summed E-state index contributed by atoms with van der Waals surface area (Å²) in [5.74, 6) is -0.275. The average Bonchev–Trinajstić information content (AvgIpc) is 3.09. The van der Waals surface area contributed by atoms with Crippen LogP contribution in [0.25, 0.3) is 0 Å². The van der Waals surface area contributed by atoms with Crippen LogP contribution < -0.4 is 4.90 Å². The summed E-state index contributed by atoms with van der Waals surface area (Å²) < 4.78 is 29.4. The molecule has 30 heavy (non-hydrogen) atoms. The first-order chi connectivity index (χ1) is 14.2. The fraction of sp³-hybridized carbons (Fsp3) is 0.435. The molecule has 2 aliphatic rings. The van der Waals surface area contributed by atoms with Gasteiger partial charge in [-0.05, 0) is 74.9 Å². The monoisotopic (exact) mass is 490 g/mol. The Hall–Kier alpha value is -1.70. The molecule has 1 atom stereocenters. The van der Waals surface area contributed by atoms with Crippen molar-refractivity contribution in [3.8, 4) is 0 Å². The molecular formula is C23H27BrN2O3S. The van der Waals surface area contributed by atoms with E-state index >= 15 is 0 Å². The van der Waals surface area contributed by atoms with Gasteiger partial charge in [0.05, 0.1) is 10.8 Å². The second kappa shape index (κ2) is 8.09. The van der Waals surface area contributed by atoms with Crippen LogP contribution in [0.1, 0.15) is 35.1 Å². The van der Waals surface area contributed by atoms with E-state index in [1.165, 1.54) is 4.31 Å². The predicted octanol–water partition coefficient (Wildman–Crippen LogP) is 4.36. The molecule has 0 N–H and O–H groups in total. The number of carbonyl (C=O) groups excluding carboxylic acids is 1. The highest BCUT2D eigenvalue weighted by Crippen LogP contribution is 2.34. The minimum atomic E-state index is -3.64. The third-order valence-electron chi connectivity index (χ3n) is 6.14. The second-order valence-corrected chi connectivity index (χ2v) is 11.2. The topological polar surface area (TPSA) is 57.7 Å². The summed E-state index contributed by atoms with van der Waals surface area (Å²) in [5.41, 5.74) is 4.69. The van der Waals surface area contributed by atoms with E-state index in [-0.39, 0.29) is 18.4 Å². The molecule has 7 heteroatoms. The Morgan fingerprint density at radius 3 is 2.47 bits per heavy atom. The fourth-order valence-electron chi connectivity index (χ4n) is 4.88. The number of amides is 1. The van der Waals surface area contributed by atoms with Gasteiger partial charge in [0.15, 0.2) is 0 Å². The Labute approximate surface area is 187 Å². The number of piperidine rings is 1. The van der Waals surface area contributed by atoms with Gasteiger partial charge in [0.2, 0.25) is 15.9 Å². The number of nitrogens with zero attached hydrogens (tertiary/aromatic N) is 2. The minimum Gasteiger partial charge on any atom is -0.312 e. The van der Waals surface area contributed by atoms with Gasteiger partial charge in [0.25, 0.3) is 0 Å². The molecule has 1 saturated heterocycles. The summed E-state index contributed by atoms with van der Waals surface area (Å²) in [6.07, 6.45) is 2.25. The normalized spacial score (nSPS) is 19.7. The van der Waals surface area contributed by atoms with Crippen LogP contribution in [-0.2, 0) is 21.2 Å². The lowest BCUT2D eigenvalue weighted by molar-refractivity contribution is -0.123. The van der Waals surface area contributed by atoms with Crippen LogP contribution in [0.3, 0.4) is 0 Å². The van der Waals surface area contributed by atoms with Gasteiger partial charge in [-0.3, -0.25) is 4.79 Å². The molecule has 0 aliphatic carbocycles. The zero-order valence-electron chi connectivity index (χ0n) is 17.6. The van der Waals surface area contributed by atoms with Crippen LogP contribution in [0.15, 0.2) is 39.7 Å². The van der Waals surface area contributed by atoms with Gasteiger partial charge < -0.3 is 4.90 Å². The molecule has 0 spiro atoms. The maximum Gasteiger partial charge on any atom is 0.243 e. The molecule has 2 aromatic rings. The molecule has 1 fully saturated rings. The molecule has 1 amide bonds. The summed E-state index contributed by atoms with van der Waals surface area (Å²) >= 11 is 3.49. The summed E-state index contributed by atoms with van der Waals surface area (Å²) in [7, 11) is -3.64. The summed E-state index contributed by atoms with van der Waals surface area (Å²) in [6.45, 7) is 7.03. The molecule has 0 saturated carbocycles. The highest BCUT2D eigenvalue weighted by molar-refractivity contribution is 9.10. The number of anilines is 1. The molecule has 4 rings (SSSR count). The molecule has 5 nitrogen and oxygen atoms in total. The zero-order chi connectivity index (χ0) is 21.6. The lowest BCUT2D eigenvalue weighted by Crippen LogP contribution is -2.46. The number of hydrogen-bond acceptors (Lipinski definition) is 3. The quantitative estimate of drug-likeness (QED) is 0.641. The Kier molecular flexibility index (Phi) is 5.81. The number of sulfonamides is 1. The molecule has 160 valence electrons. The molecule has 1 unspecified atom stereocenters. The van der Waals surface area contributed by atoms with E-state index < -0.39 is 10.0 Å². The van der Waals surface area contributed by atoms with E-state index in [1.807, 2.05) is 49.9 Å². The Morgan fingerprint density at radius 2 is 1.77 bits per heavy atom. The lowest BCUT2D eigenvalue weighted by Gasteiger charge is -2.34. The van der Waals surface area contributed by atoms with E-state index in [0.717, 1.165) is 45.3 Å². The molecule has 0 bridgehead atoms. The fourth-order valence-corrected chi connectivity index (χ4v) is 7.23. The van der Waals surface area contributed by atoms with E-state index in [4.69, 9.17) is 0 Å². The number of aryl methyl sites for hydroxylation is 3. The molecule has 0 radical (unpaired) electrons. The maximum absolute atomic E-state index is 13.5. The van der Waals surface area contributed by atoms with Crippen molar-refractivity contribution >= 4 is 37.5 Å². The van der Waals surface area contributed by atoms with Gasteiger partial charge in [-0.25, -0.2) is 8.42 Å². The van der Waals surface area contributed by atoms with Gasteiger partial charge in [-0.15, -0.1) is 0 Å². The molecule has 2 aromatic carbocycles. The van der Waals surface area contributed by atoms with E-state index in [2.05, 4.69) is 22.0 Å². The SMILES string of the molecule is Cc1cc(C)c(S(=O)(=O)N2CCCC(C(=O)N3CCc4cc(Br)ccc43)C2)c(C)c1. The standard InChI is InChI=1S/C23H27BrN2O3S/c1-15-11-16(2)22(17(3)12-15)30(28,29)25-9-4-5-19(14-25)23(27)26-10-8-18-13-20(24)6-7-21(18)26/h6-7,11-13,19H,4-5,8-10,14H2,1-3H3. The second-order valence-electron chi connectivity index (χ2n) is 8.44. The first kappa shape index (κ1) is 21.5.